The molecule has 1 aromatic rings. The van der Waals surface area contributed by atoms with Crippen molar-refractivity contribution in [3.63, 3.8) is 0 Å². The molecule has 0 spiro atoms. The zero-order valence-corrected chi connectivity index (χ0v) is 12.3. The van der Waals surface area contributed by atoms with Gasteiger partial charge in [-0.2, -0.15) is 0 Å². The first kappa shape index (κ1) is 15.2. The second kappa shape index (κ2) is 7.03. The van der Waals surface area contributed by atoms with Crippen LogP contribution < -0.4 is 10.1 Å². The number of hydrogen-bond acceptors (Lipinski definition) is 5. The SMILES string of the molecule is COc1ncccc1C(=O)N(C)CC(=O)N1CCNCC1. The van der Waals surface area contributed by atoms with Gasteiger partial charge in [0.1, 0.15) is 5.56 Å². The molecule has 1 N–H and O–H groups in total. The highest BCUT2D eigenvalue weighted by atomic mass is 16.5. The predicted octanol–water partition coefficient (Wildman–Crippen LogP) is -0.406. The van der Waals surface area contributed by atoms with E-state index in [1.165, 1.54) is 12.0 Å². The van der Waals surface area contributed by atoms with Gasteiger partial charge in [-0.3, -0.25) is 9.59 Å². The molecule has 1 aliphatic rings. The minimum atomic E-state index is -0.275. The van der Waals surface area contributed by atoms with E-state index < -0.39 is 0 Å². The minimum absolute atomic E-state index is 0.0461. The van der Waals surface area contributed by atoms with Crippen molar-refractivity contribution < 1.29 is 14.3 Å². The number of nitrogens with one attached hydrogen (secondary N) is 1. The number of aromatic nitrogens is 1. The molecule has 2 rings (SSSR count). The van der Waals surface area contributed by atoms with Gasteiger partial charge in [-0.15, -0.1) is 0 Å². The number of ether oxygens (including phenoxy) is 1. The number of amides is 2. The van der Waals surface area contributed by atoms with Gasteiger partial charge < -0.3 is 19.9 Å². The smallest absolute Gasteiger partial charge is 0.259 e. The van der Waals surface area contributed by atoms with Crippen LogP contribution in [0, 0.1) is 0 Å². The second-order valence-electron chi connectivity index (χ2n) is 4.85. The van der Waals surface area contributed by atoms with Crippen LogP contribution in [-0.4, -0.2) is 73.5 Å². The van der Waals surface area contributed by atoms with Crippen LogP contribution in [-0.2, 0) is 4.79 Å². The van der Waals surface area contributed by atoms with Crippen LogP contribution in [0.1, 0.15) is 10.4 Å². The molecule has 2 heterocycles. The van der Waals surface area contributed by atoms with Gasteiger partial charge in [0, 0.05) is 39.4 Å². The number of pyridine rings is 1. The fourth-order valence-electron chi connectivity index (χ4n) is 2.21. The maximum absolute atomic E-state index is 12.4. The third-order valence-electron chi connectivity index (χ3n) is 3.38. The van der Waals surface area contributed by atoms with Crippen molar-refractivity contribution in [2.24, 2.45) is 0 Å². The molecule has 0 bridgehead atoms. The van der Waals surface area contributed by atoms with Crippen molar-refractivity contribution in [3.8, 4) is 5.88 Å². The molecule has 1 aromatic heterocycles. The lowest BCUT2D eigenvalue weighted by molar-refractivity contribution is -0.132. The Morgan fingerprint density at radius 3 is 2.81 bits per heavy atom. The van der Waals surface area contributed by atoms with Gasteiger partial charge in [-0.25, -0.2) is 4.98 Å². The average Bonchev–Trinajstić information content (AvgIpc) is 2.54. The molecule has 0 atom stereocenters. The number of rotatable bonds is 4. The molecule has 1 fully saturated rings. The van der Waals surface area contributed by atoms with Crippen molar-refractivity contribution in [2.75, 3.05) is 46.9 Å². The Bertz CT molecular complexity index is 515. The van der Waals surface area contributed by atoms with Crippen LogP contribution in [0.15, 0.2) is 18.3 Å². The summed E-state index contributed by atoms with van der Waals surface area (Å²) in [5.41, 5.74) is 0.357. The summed E-state index contributed by atoms with van der Waals surface area (Å²) in [6, 6.07) is 3.31. The normalized spacial score (nSPS) is 14.7. The molecule has 2 amide bonds. The number of methoxy groups -OCH3 is 1. The maximum atomic E-state index is 12.4. The fraction of sp³-hybridized carbons (Fsp3) is 0.500. The topological polar surface area (TPSA) is 74.8 Å². The number of carbonyl (C=O) groups excluding carboxylic acids is 2. The molecule has 114 valence electrons. The van der Waals surface area contributed by atoms with E-state index in [4.69, 9.17) is 4.74 Å². The van der Waals surface area contributed by atoms with Crippen LogP contribution in [0.2, 0.25) is 0 Å². The molecule has 0 aliphatic carbocycles. The quantitative estimate of drug-likeness (QED) is 0.817. The third-order valence-corrected chi connectivity index (χ3v) is 3.38. The standard InChI is InChI=1S/C14H20N4O3/c1-17(10-12(19)18-8-6-15-7-9-18)14(20)11-4-3-5-16-13(11)21-2/h3-5,15H,6-10H2,1-2H3. The van der Waals surface area contributed by atoms with Crippen LogP contribution in [0.25, 0.3) is 0 Å². The lowest BCUT2D eigenvalue weighted by Gasteiger charge is -2.29. The van der Waals surface area contributed by atoms with Gasteiger partial charge >= 0.3 is 0 Å². The lowest BCUT2D eigenvalue weighted by Crippen LogP contribution is -2.49. The van der Waals surface area contributed by atoms with Gasteiger partial charge in [0.25, 0.3) is 5.91 Å². The van der Waals surface area contributed by atoms with Crippen molar-refractivity contribution >= 4 is 11.8 Å². The first-order valence-electron chi connectivity index (χ1n) is 6.86. The van der Waals surface area contributed by atoms with Crippen molar-refractivity contribution in [1.29, 1.82) is 0 Å². The molecule has 1 aliphatic heterocycles. The Kier molecular flexibility index (Phi) is 5.10. The van der Waals surface area contributed by atoms with Gasteiger partial charge in [-0.05, 0) is 12.1 Å². The fourth-order valence-corrected chi connectivity index (χ4v) is 2.21. The maximum Gasteiger partial charge on any atom is 0.259 e. The van der Waals surface area contributed by atoms with Crippen LogP contribution in [0.3, 0.4) is 0 Å². The second-order valence-corrected chi connectivity index (χ2v) is 4.85. The summed E-state index contributed by atoms with van der Waals surface area (Å²) >= 11 is 0. The van der Waals surface area contributed by atoms with Gasteiger partial charge in [0.15, 0.2) is 0 Å². The first-order valence-corrected chi connectivity index (χ1v) is 6.86. The van der Waals surface area contributed by atoms with E-state index in [0.717, 1.165) is 13.1 Å². The largest absolute Gasteiger partial charge is 0.480 e. The Balaban J connectivity index is 2.00. The van der Waals surface area contributed by atoms with Gasteiger partial charge in [0.05, 0.1) is 13.7 Å². The molecule has 21 heavy (non-hydrogen) atoms. The molecule has 0 unspecified atom stereocenters. The lowest BCUT2D eigenvalue weighted by atomic mass is 10.2. The molecule has 0 radical (unpaired) electrons. The number of carbonyl (C=O) groups is 2. The van der Waals surface area contributed by atoms with Crippen LogP contribution in [0.5, 0.6) is 5.88 Å². The molecule has 7 heteroatoms. The van der Waals surface area contributed by atoms with Crippen LogP contribution in [0.4, 0.5) is 0 Å². The summed E-state index contributed by atoms with van der Waals surface area (Å²) in [4.78, 5) is 31.7. The molecule has 0 saturated carbocycles. The van der Waals surface area contributed by atoms with E-state index in [1.54, 1.807) is 30.3 Å². The molecule has 7 nitrogen and oxygen atoms in total. The van der Waals surface area contributed by atoms with Crippen molar-refractivity contribution in [3.05, 3.63) is 23.9 Å². The number of nitrogens with zero attached hydrogens (tertiary/aromatic N) is 3. The number of likely N-dealkylation sites (N-methyl/N-ethyl adjacent to an activating group) is 1. The van der Waals surface area contributed by atoms with Crippen molar-refractivity contribution in [2.45, 2.75) is 0 Å². The molecular formula is C14H20N4O3. The molecule has 0 aromatic carbocycles. The van der Waals surface area contributed by atoms with E-state index in [0.29, 0.717) is 18.7 Å². The summed E-state index contributed by atoms with van der Waals surface area (Å²) in [7, 11) is 3.07. The van der Waals surface area contributed by atoms with Crippen molar-refractivity contribution in [1.82, 2.24) is 20.1 Å². The summed E-state index contributed by atoms with van der Waals surface area (Å²) < 4.78 is 5.08. The first-order chi connectivity index (χ1) is 10.1. The Labute approximate surface area is 123 Å². The van der Waals surface area contributed by atoms with E-state index in [2.05, 4.69) is 10.3 Å². The van der Waals surface area contributed by atoms with Gasteiger partial charge in [-0.1, -0.05) is 0 Å². The third kappa shape index (κ3) is 3.69. The van der Waals surface area contributed by atoms with Crippen LogP contribution >= 0.6 is 0 Å². The summed E-state index contributed by atoms with van der Waals surface area (Å²) in [5.74, 6) is -0.0531. The highest BCUT2D eigenvalue weighted by molar-refractivity contribution is 5.98. The number of hydrogen-bond donors (Lipinski definition) is 1. The van der Waals surface area contributed by atoms with Gasteiger partial charge in [0.2, 0.25) is 11.8 Å². The summed E-state index contributed by atoms with van der Waals surface area (Å²) in [5, 5.41) is 3.19. The summed E-state index contributed by atoms with van der Waals surface area (Å²) in [6.07, 6.45) is 1.56. The summed E-state index contributed by atoms with van der Waals surface area (Å²) in [6.45, 7) is 2.99. The zero-order chi connectivity index (χ0) is 15.2. The van der Waals surface area contributed by atoms with E-state index in [-0.39, 0.29) is 24.2 Å². The minimum Gasteiger partial charge on any atom is -0.480 e. The molecular weight excluding hydrogens is 272 g/mol. The Morgan fingerprint density at radius 1 is 1.43 bits per heavy atom. The number of piperazine rings is 1. The Hall–Kier alpha value is -2.15. The zero-order valence-electron chi connectivity index (χ0n) is 12.3. The van der Waals surface area contributed by atoms with E-state index in [9.17, 15) is 9.59 Å². The highest BCUT2D eigenvalue weighted by Crippen LogP contribution is 2.15. The predicted molar refractivity (Wildman–Crippen MR) is 77.2 cm³/mol. The molecule has 1 saturated heterocycles. The van der Waals surface area contributed by atoms with E-state index >= 15 is 0 Å². The highest BCUT2D eigenvalue weighted by Gasteiger charge is 2.22. The monoisotopic (exact) mass is 292 g/mol. The van der Waals surface area contributed by atoms with E-state index in [1.807, 2.05) is 0 Å². The Morgan fingerprint density at radius 2 is 2.14 bits per heavy atom. The average molecular weight is 292 g/mol.